The average molecular weight is 543 g/mol. The van der Waals surface area contributed by atoms with E-state index < -0.39 is 17.6 Å². The summed E-state index contributed by atoms with van der Waals surface area (Å²) >= 11 is 0. The van der Waals surface area contributed by atoms with Crippen LogP contribution in [0.4, 0.5) is 17.1 Å². The number of amides is 3. The van der Waals surface area contributed by atoms with Gasteiger partial charge in [-0.3, -0.25) is 24.1 Å². The number of anilines is 3. The van der Waals surface area contributed by atoms with Crippen molar-refractivity contribution in [2.45, 2.75) is 6.54 Å². The van der Waals surface area contributed by atoms with Crippen LogP contribution in [0.5, 0.6) is 5.75 Å². The van der Waals surface area contributed by atoms with E-state index in [1.165, 1.54) is 9.80 Å². The minimum Gasteiger partial charge on any atom is -0.497 e. The van der Waals surface area contributed by atoms with Gasteiger partial charge >= 0.3 is 0 Å². The van der Waals surface area contributed by atoms with Gasteiger partial charge in [0, 0.05) is 31.0 Å². The topological polar surface area (TPSA) is 108 Å². The fourth-order valence-electron chi connectivity index (χ4n) is 4.78. The number of carbonyl (C=O) groups excluding carboxylic acids is 4. The Balaban J connectivity index is 1.29. The Morgan fingerprint density at radius 2 is 1.65 bits per heavy atom. The molecule has 0 bridgehead atoms. The van der Waals surface area contributed by atoms with Gasteiger partial charge in [0.25, 0.3) is 11.7 Å². The molecule has 2 aliphatic rings. The molecule has 10 nitrogen and oxygen atoms in total. The molecule has 0 aromatic heterocycles. The van der Waals surface area contributed by atoms with Gasteiger partial charge in [0.05, 0.1) is 31.6 Å². The van der Waals surface area contributed by atoms with Crippen molar-refractivity contribution in [1.29, 1.82) is 0 Å². The number of morpholine rings is 1. The number of ether oxygens (including phenoxy) is 2. The Labute approximate surface area is 232 Å². The van der Waals surface area contributed by atoms with Crippen LogP contribution in [0.2, 0.25) is 0 Å². The predicted molar refractivity (Wildman–Crippen MR) is 150 cm³/mol. The van der Waals surface area contributed by atoms with Crippen molar-refractivity contribution < 1.29 is 28.7 Å². The fourth-order valence-corrected chi connectivity index (χ4v) is 4.78. The van der Waals surface area contributed by atoms with Gasteiger partial charge in [-0.2, -0.15) is 0 Å². The summed E-state index contributed by atoms with van der Waals surface area (Å²) in [4.78, 5) is 56.4. The van der Waals surface area contributed by atoms with E-state index in [4.69, 9.17) is 9.47 Å². The number of hydrogen-bond donors (Lipinski definition) is 1. The molecule has 0 aliphatic carbocycles. The average Bonchev–Trinajstić information content (AvgIpc) is 3.22. The molecule has 2 aliphatic heterocycles. The third kappa shape index (κ3) is 5.97. The van der Waals surface area contributed by atoms with Crippen LogP contribution >= 0.6 is 0 Å². The number of hydrogen-bond acceptors (Lipinski definition) is 7. The van der Waals surface area contributed by atoms with Gasteiger partial charge in [-0.05, 0) is 54.1 Å². The van der Waals surface area contributed by atoms with E-state index in [9.17, 15) is 19.2 Å². The van der Waals surface area contributed by atoms with E-state index in [1.807, 2.05) is 24.3 Å². The quantitative estimate of drug-likeness (QED) is 0.414. The molecule has 1 N–H and O–H groups in total. The first-order valence-corrected chi connectivity index (χ1v) is 13.0. The smallest absolute Gasteiger partial charge is 0.299 e. The molecule has 10 heteroatoms. The molecule has 3 aromatic carbocycles. The number of nitrogens with one attached hydrogen (secondary N) is 1. The predicted octanol–water partition coefficient (Wildman–Crippen LogP) is 2.73. The lowest BCUT2D eigenvalue weighted by Gasteiger charge is -2.29. The number of Topliss-reactive ketones (excluding diaryl/α,β-unsaturated/α-hetero) is 1. The zero-order valence-electron chi connectivity index (χ0n) is 22.2. The van der Waals surface area contributed by atoms with Gasteiger partial charge in [0.15, 0.2) is 0 Å². The summed E-state index contributed by atoms with van der Waals surface area (Å²) in [5, 5.41) is 2.86. The maximum Gasteiger partial charge on any atom is 0.299 e. The molecule has 0 unspecified atom stereocenters. The van der Waals surface area contributed by atoms with E-state index in [1.54, 1.807) is 55.6 Å². The van der Waals surface area contributed by atoms with Crippen molar-refractivity contribution in [2.75, 3.05) is 61.6 Å². The highest BCUT2D eigenvalue weighted by molar-refractivity contribution is 6.52. The van der Waals surface area contributed by atoms with E-state index >= 15 is 0 Å². The van der Waals surface area contributed by atoms with Crippen LogP contribution in [-0.4, -0.2) is 74.9 Å². The molecule has 0 saturated carbocycles. The Morgan fingerprint density at radius 3 is 2.35 bits per heavy atom. The SMILES string of the molecule is COc1ccc(CN(CC(=O)Nc2ccc(N3CCOCC3)cc2)C(=O)CN2C(=O)C(=O)c3ccccc32)cc1. The second kappa shape index (κ2) is 12.0. The first-order valence-electron chi connectivity index (χ1n) is 13.0. The van der Waals surface area contributed by atoms with Crippen LogP contribution in [0.15, 0.2) is 72.8 Å². The van der Waals surface area contributed by atoms with Gasteiger partial charge < -0.3 is 24.6 Å². The molecular weight excluding hydrogens is 512 g/mol. The molecule has 3 aromatic rings. The minimum absolute atomic E-state index is 0.129. The first-order chi connectivity index (χ1) is 19.4. The molecule has 40 heavy (non-hydrogen) atoms. The second-order valence-electron chi connectivity index (χ2n) is 9.53. The highest BCUT2D eigenvalue weighted by Gasteiger charge is 2.37. The van der Waals surface area contributed by atoms with Crippen LogP contribution in [0.25, 0.3) is 0 Å². The maximum absolute atomic E-state index is 13.5. The van der Waals surface area contributed by atoms with Crippen LogP contribution in [0.1, 0.15) is 15.9 Å². The molecule has 0 spiro atoms. The van der Waals surface area contributed by atoms with Crippen molar-refractivity contribution in [3.63, 3.8) is 0 Å². The molecule has 3 amide bonds. The van der Waals surface area contributed by atoms with Gasteiger partial charge in [-0.25, -0.2) is 0 Å². The minimum atomic E-state index is -0.760. The lowest BCUT2D eigenvalue weighted by molar-refractivity contribution is -0.134. The molecule has 0 atom stereocenters. The third-order valence-electron chi connectivity index (χ3n) is 6.92. The van der Waals surface area contributed by atoms with Gasteiger partial charge in [0.1, 0.15) is 18.8 Å². The van der Waals surface area contributed by atoms with E-state index in [0.717, 1.165) is 24.3 Å². The normalized spacial score (nSPS) is 14.6. The van der Waals surface area contributed by atoms with Gasteiger partial charge in [0.2, 0.25) is 11.8 Å². The van der Waals surface area contributed by atoms with E-state index in [0.29, 0.717) is 30.3 Å². The number of para-hydroxylation sites is 1. The van der Waals surface area contributed by atoms with Crippen LogP contribution in [0, 0.1) is 0 Å². The zero-order chi connectivity index (χ0) is 28.1. The summed E-state index contributed by atoms with van der Waals surface area (Å²) in [6, 6.07) is 21.2. The highest BCUT2D eigenvalue weighted by Crippen LogP contribution is 2.28. The zero-order valence-corrected chi connectivity index (χ0v) is 22.2. The monoisotopic (exact) mass is 542 g/mol. The van der Waals surface area contributed by atoms with E-state index in [-0.39, 0.29) is 31.1 Å². The van der Waals surface area contributed by atoms with Gasteiger partial charge in [-0.15, -0.1) is 0 Å². The summed E-state index contributed by atoms with van der Waals surface area (Å²) in [7, 11) is 1.56. The number of methoxy groups -OCH3 is 1. The van der Waals surface area contributed by atoms with Crippen LogP contribution in [0.3, 0.4) is 0 Å². The van der Waals surface area contributed by atoms with Crippen molar-refractivity contribution in [2.24, 2.45) is 0 Å². The third-order valence-corrected chi connectivity index (χ3v) is 6.92. The molecule has 206 valence electrons. The molecule has 1 fully saturated rings. The van der Waals surface area contributed by atoms with Crippen molar-refractivity contribution in [3.8, 4) is 5.75 Å². The van der Waals surface area contributed by atoms with Crippen LogP contribution < -0.4 is 19.9 Å². The van der Waals surface area contributed by atoms with Crippen molar-refractivity contribution in [3.05, 3.63) is 83.9 Å². The summed E-state index contributed by atoms with van der Waals surface area (Å²) in [5.74, 6) is -1.60. The summed E-state index contributed by atoms with van der Waals surface area (Å²) in [5.41, 5.74) is 3.08. The Morgan fingerprint density at radius 1 is 0.950 bits per heavy atom. The Kier molecular flexibility index (Phi) is 8.07. The Hall–Kier alpha value is -4.70. The van der Waals surface area contributed by atoms with Crippen molar-refractivity contribution >= 4 is 40.6 Å². The maximum atomic E-state index is 13.5. The number of nitrogens with zero attached hydrogens (tertiary/aromatic N) is 3. The molecule has 1 saturated heterocycles. The summed E-state index contributed by atoms with van der Waals surface area (Å²) < 4.78 is 10.6. The van der Waals surface area contributed by atoms with Gasteiger partial charge in [-0.1, -0.05) is 24.3 Å². The summed E-state index contributed by atoms with van der Waals surface area (Å²) in [6.07, 6.45) is 0. The summed E-state index contributed by atoms with van der Waals surface area (Å²) in [6.45, 7) is 2.50. The molecule has 2 heterocycles. The molecule has 0 radical (unpaired) electrons. The number of ketones is 1. The number of benzene rings is 3. The van der Waals surface area contributed by atoms with Crippen LogP contribution in [-0.2, 0) is 25.7 Å². The first kappa shape index (κ1) is 26.9. The highest BCUT2D eigenvalue weighted by atomic mass is 16.5. The largest absolute Gasteiger partial charge is 0.497 e. The lowest BCUT2D eigenvalue weighted by Crippen LogP contribution is -2.45. The number of carbonyl (C=O) groups is 4. The second-order valence-corrected chi connectivity index (χ2v) is 9.53. The molecule has 5 rings (SSSR count). The fraction of sp³-hybridized carbons (Fsp3) is 0.267. The van der Waals surface area contributed by atoms with E-state index in [2.05, 4.69) is 10.2 Å². The standard InChI is InChI=1S/C30H30N4O6/c1-39-24-12-6-21(7-13-24)18-33(28(36)20-34-26-5-3-2-4-25(26)29(37)30(34)38)19-27(35)31-22-8-10-23(11-9-22)32-14-16-40-17-15-32/h2-13H,14-20H2,1H3,(H,31,35). The molecular formula is C30H30N4O6. The lowest BCUT2D eigenvalue weighted by atomic mass is 10.1. The number of fused-ring (bicyclic) bond motifs is 1. The van der Waals surface area contributed by atoms with Crippen molar-refractivity contribution in [1.82, 2.24) is 4.90 Å². The Bertz CT molecular complexity index is 1400. The number of rotatable bonds is 9.